The van der Waals surface area contributed by atoms with E-state index in [4.69, 9.17) is 14.2 Å². The van der Waals surface area contributed by atoms with E-state index in [-0.39, 0.29) is 18.0 Å². The zero-order valence-corrected chi connectivity index (χ0v) is 69.3. The Labute approximate surface area is 652 Å². The molecule has 0 N–H and O–H groups in total. The van der Waals surface area contributed by atoms with Crippen molar-refractivity contribution in [1.29, 1.82) is 0 Å². The average Bonchev–Trinajstić information content (AvgIpc) is 0.878. The maximum absolute atomic E-state index is 12.8. The van der Waals surface area contributed by atoms with Gasteiger partial charge in [0.25, 0.3) is 0 Å². The van der Waals surface area contributed by atoms with Crippen LogP contribution in [0.3, 0.4) is 0 Å². The van der Waals surface area contributed by atoms with Crippen molar-refractivity contribution in [3.63, 3.8) is 0 Å². The van der Waals surface area contributed by atoms with Crippen LogP contribution in [0, 0.1) is 59.2 Å². The minimum absolute atomic E-state index is 0.0897. The lowest BCUT2D eigenvalue weighted by Crippen LogP contribution is -2.17. The Morgan fingerprint density at radius 3 is 1.79 bits per heavy atom. The summed E-state index contributed by atoms with van der Waals surface area (Å²) in [5, 5.41) is 0.303. The maximum atomic E-state index is 12.8. The first-order valence-electron chi connectivity index (χ1n) is 43.5. The summed E-state index contributed by atoms with van der Waals surface area (Å²) in [6, 6.07) is 25.7. The lowest BCUT2D eigenvalue weighted by atomic mass is 9.81. The van der Waals surface area contributed by atoms with Crippen molar-refractivity contribution in [2.75, 3.05) is 24.7 Å². The Hall–Kier alpha value is -4.40. The van der Waals surface area contributed by atoms with Crippen LogP contribution in [0.25, 0.3) is 6.08 Å². The monoisotopic (exact) mass is 1470 g/mol. The first-order valence-corrected chi connectivity index (χ1v) is 45.5. The molecular weight excluding hydrogens is 1320 g/mol. The van der Waals surface area contributed by atoms with Gasteiger partial charge in [-0.2, -0.15) is 11.8 Å². The number of unbranched alkanes of at least 4 members (excludes halogenated alkanes) is 7. The van der Waals surface area contributed by atoms with Crippen molar-refractivity contribution in [1.82, 2.24) is 0 Å². The molecule has 0 bridgehead atoms. The van der Waals surface area contributed by atoms with E-state index >= 15 is 0 Å². The highest BCUT2D eigenvalue weighted by molar-refractivity contribution is 8.13. The van der Waals surface area contributed by atoms with Gasteiger partial charge >= 0.3 is 5.97 Å². The van der Waals surface area contributed by atoms with Gasteiger partial charge in [-0.05, 0) is 278 Å². The zero-order valence-electron chi connectivity index (χ0n) is 67.6. The van der Waals surface area contributed by atoms with Gasteiger partial charge in [0.2, 0.25) is 5.12 Å². The fourth-order valence-corrected chi connectivity index (χ4v) is 18.2. The van der Waals surface area contributed by atoms with Crippen molar-refractivity contribution in [2.45, 2.75) is 329 Å². The second-order valence-corrected chi connectivity index (χ2v) is 35.9. The molecule has 3 aromatic rings. The van der Waals surface area contributed by atoms with Gasteiger partial charge in [-0.15, -0.1) is 6.58 Å². The molecular formula is C98H148O5S2. The second kappa shape index (κ2) is 53.4. The van der Waals surface area contributed by atoms with Gasteiger partial charge in [0.15, 0.2) is 0 Å². The van der Waals surface area contributed by atoms with Gasteiger partial charge in [-0.3, -0.25) is 4.79 Å². The molecule has 0 amide bonds. The van der Waals surface area contributed by atoms with Gasteiger partial charge in [-0.25, -0.2) is 4.79 Å². The average molecular weight is 1470 g/mol. The van der Waals surface area contributed by atoms with Crippen LogP contribution >= 0.6 is 23.5 Å². The largest absolute Gasteiger partial charge is 0.428 e. The molecule has 0 heterocycles. The molecule has 6 aliphatic carbocycles. The maximum Gasteiger partial charge on any atom is 0.343 e. The molecule has 0 spiro atoms. The molecule has 7 heteroatoms. The van der Waals surface area contributed by atoms with E-state index in [1.807, 2.05) is 18.2 Å². The van der Waals surface area contributed by atoms with E-state index in [1.165, 1.54) is 257 Å². The minimum atomic E-state index is -0.206. The number of carbonyl (C=O) groups is 2. The highest BCUT2D eigenvalue weighted by Crippen LogP contribution is 2.37. The van der Waals surface area contributed by atoms with Gasteiger partial charge < -0.3 is 14.2 Å². The summed E-state index contributed by atoms with van der Waals surface area (Å²) in [6.07, 6.45) is 75.5. The Morgan fingerprint density at radius 2 is 1.14 bits per heavy atom. The first-order chi connectivity index (χ1) is 51.3. The third-order valence-corrected chi connectivity index (χ3v) is 25.9. The van der Waals surface area contributed by atoms with Gasteiger partial charge in [0, 0.05) is 23.8 Å². The SMILES string of the molecule is C=CCOCCC1C=CC(OCc2ccc(CCCCC3=CCC(CCC(C)C)CC3)cc2)CC1.CCCCC1CC=C(CCc2ccc(C(=O)OC3=CCC(CCCCCC(C)C)CC3)cc2)CC1.CCCCCCC1C=CC(C(=O)Sc2ccc(/C=C/CCC3CCC(CSCC)CC3)cc2)CC1. The number of esters is 1. The summed E-state index contributed by atoms with van der Waals surface area (Å²) < 4.78 is 17.4. The van der Waals surface area contributed by atoms with Crippen molar-refractivity contribution >= 4 is 40.7 Å². The predicted octanol–water partition coefficient (Wildman–Crippen LogP) is 29.2. The smallest absolute Gasteiger partial charge is 0.343 e. The third-order valence-electron chi connectivity index (χ3n) is 23.7. The Morgan fingerprint density at radius 1 is 0.524 bits per heavy atom. The molecule has 6 aliphatic rings. The summed E-state index contributed by atoms with van der Waals surface area (Å²) in [6.45, 7) is 22.0. The molecule has 7 unspecified atom stereocenters. The zero-order chi connectivity index (χ0) is 74.3. The summed E-state index contributed by atoms with van der Waals surface area (Å²) >= 11 is 3.54. The minimum Gasteiger partial charge on any atom is -0.428 e. The van der Waals surface area contributed by atoms with Crippen LogP contribution in [0.1, 0.15) is 331 Å². The van der Waals surface area contributed by atoms with Crippen molar-refractivity contribution < 1.29 is 23.8 Å². The molecule has 7 atom stereocenters. The van der Waals surface area contributed by atoms with E-state index < -0.39 is 0 Å². The van der Waals surface area contributed by atoms with Crippen LogP contribution in [-0.4, -0.2) is 41.9 Å². The van der Waals surface area contributed by atoms with E-state index in [1.54, 1.807) is 11.1 Å². The topological polar surface area (TPSA) is 61.8 Å². The standard InChI is InChI=1S/2C33H50O2.C32H48OS2/c1-4-24-34-25-23-31-19-21-33(22-20-31)35-26-32-17-15-29(16-18-32)8-6-5-7-28-11-13-30(14-12-28)10-9-27(2)3;1-4-5-10-27-12-14-29(15-13-27)16-17-30-18-22-31(23-19-30)33(34)35-32-24-20-28(21-25-32)11-8-6-7-9-26(2)3;1-3-5-6-7-10-27-17-21-30(22-18-27)32(33)35-31-23-19-28(20-24-31)12-9-8-11-26-13-15-29(16-14-26)25-34-4-2/h4,11,15-19,21,27,30-31,33H,1,5-10,12-14,20,22-26H2,2-3H3;14,18-19,22-24,26-28H,4-13,15-17,20-21,25H2,1-3H3;9,12,17,19-21,23-24,26-27,29-30H,3-8,10-11,13-16,18,22,25H2,1-2H3/b;;12-9+. The molecule has 0 aliphatic heterocycles. The molecule has 0 aromatic heterocycles. The third kappa shape index (κ3) is 37.7. The number of allylic oxidation sites excluding steroid dienone is 10. The summed E-state index contributed by atoms with van der Waals surface area (Å²) in [4.78, 5) is 26.5. The van der Waals surface area contributed by atoms with Crippen LogP contribution in [0.5, 0.6) is 0 Å². The molecule has 9 rings (SSSR count). The molecule has 0 saturated heterocycles. The molecule has 5 nitrogen and oxygen atoms in total. The normalized spacial score (nSPS) is 22.5. The summed E-state index contributed by atoms with van der Waals surface area (Å²) in [5.74, 6) is 10.9. The molecule has 3 aromatic carbocycles. The molecule has 582 valence electrons. The van der Waals surface area contributed by atoms with Crippen LogP contribution in [0.15, 0.2) is 156 Å². The number of ether oxygens (including phenoxy) is 3. The molecule has 1 fully saturated rings. The Bertz CT molecular complexity index is 3010. The number of hydrogen-bond acceptors (Lipinski definition) is 7. The number of aryl methyl sites for hydroxylation is 2. The summed E-state index contributed by atoms with van der Waals surface area (Å²) in [5.41, 5.74) is 9.30. The van der Waals surface area contributed by atoms with Crippen molar-refractivity contribution in [3.8, 4) is 0 Å². The highest BCUT2D eigenvalue weighted by Gasteiger charge is 2.25. The van der Waals surface area contributed by atoms with Crippen LogP contribution < -0.4 is 0 Å². The Balaban J connectivity index is 0.000000220. The van der Waals surface area contributed by atoms with Gasteiger partial charge in [-0.1, -0.05) is 271 Å². The Kier molecular flexibility index (Phi) is 44.7. The molecule has 0 radical (unpaired) electrons. The van der Waals surface area contributed by atoms with Crippen molar-refractivity contribution in [2.24, 2.45) is 59.2 Å². The van der Waals surface area contributed by atoms with Crippen LogP contribution in [0.2, 0.25) is 0 Å². The second-order valence-electron chi connectivity index (χ2n) is 33.5. The van der Waals surface area contributed by atoms with E-state index in [2.05, 4.69) is 182 Å². The lowest BCUT2D eigenvalue weighted by molar-refractivity contribution is -0.113. The molecule has 1 saturated carbocycles. The number of carbonyl (C=O) groups excluding carboxylic acids is 2. The number of benzene rings is 3. The van der Waals surface area contributed by atoms with Gasteiger partial charge in [0.05, 0.1) is 24.9 Å². The fourth-order valence-electron chi connectivity index (χ4n) is 16.4. The first kappa shape index (κ1) is 87.8. The van der Waals surface area contributed by atoms with Gasteiger partial charge in [0.1, 0.15) is 5.76 Å². The van der Waals surface area contributed by atoms with E-state index in [0.717, 1.165) is 110 Å². The van der Waals surface area contributed by atoms with E-state index in [0.29, 0.717) is 35.7 Å². The predicted molar refractivity (Wildman–Crippen MR) is 456 cm³/mol. The van der Waals surface area contributed by atoms with Crippen LogP contribution in [0.4, 0.5) is 0 Å². The number of rotatable bonds is 44. The fraction of sp³-hybridized carbons (Fsp3) is 0.653. The van der Waals surface area contributed by atoms with E-state index in [9.17, 15) is 9.59 Å². The highest BCUT2D eigenvalue weighted by atomic mass is 32.2. The lowest BCUT2D eigenvalue weighted by Gasteiger charge is -2.28. The number of hydrogen-bond donors (Lipinski definition) is 0. The summed E-state index contributed by atoms with van der Waals surface area (Å²) in [7, 11) is 0. The molecule has 105 heavy (non-hydrogen) atoms. The van der Waals surface area contributed by atoms with Crippen LogP contribution in [-0.2, 0) is 38.5 Å². The number of thioether (sulfide) groups is 2. The van der Waals surface area contributed by atoms with Crippen molar-refractivity contribution in [3.05, 3.63) is 179 Å². The quantitative estimate of drug-likeness (QED) is 0.0242.